The number of furan rings is 1. The minimum atomic E-state index is 0.0642. The van der Waals surface area contributed by atoms with Crippen molar-refractivity contribution in [2.75, 3.05) is 43.5 Å². The molecule has 1 aromatic rings. The Balaban J connectivity index is 1.33. The Bertz CT molecular complexity index is 793. The predicted octanol–water partition coefficient (Wildman–Crippen LogP) is 10.5. The quantitative estimate of drug-likeness (QED) is 0.321. The van der Waals surface area contributed by atoms with Gasteiger partial charge in [-0.15, -0.1) is 15.8 Å². The second kappa shape index (κ2) is 16.6. The number of nitrogens with zero attached hydrogens (tertiary/aromatic N) is 1. The van der Waals surface area contributed by atoms with Gasteiger partial charge in [-0.3, -0.25) is 4.99 Å². The highest BCUT2D eigenvalue weighted by molar-refractivity contribution is 7.60. The maximum Gasteiger partial charge on any atom is 0.109 e. The van der Waals surface area contributed by atoms with E-state index in [0.717, 1.165) is 35.7 Å². The van der Waals surface area contributed by atoms with Gasteiger partial charge in [0.2, 0.25) is 0 Å². The lowest BCUT2D eigenvalue weighted by Gasteiger charge is -2.35. The Morgan fingerprint density at radius 3 is 1.63 bits per heavy atom. The molecule has 0 spiro atoms. The molecule has 1 aliphatic heterocycles. The molecule has 214 valence electrons. The average Bonchev–Trinajstić information content (AvgIpc) is 3.49. The first-order valence-corrected chi connectivity index (χ1v) is 22.0. The summed E-state index contributed by atoms with van der Waals surface area (Å²) in [5.41, 5.74) is 4.68. The van der Waals surface area contributed by atoms with E-state index in [1.54, 1.807) is 37.7 Å². The van der Waals surface area contributed by atoms with Gasteiger partial charge in [0.05, 0.1) is 6.26 Å². The molecule has 3 atom stereocenters. The molecule has 4 aliphatic rings. The summed E-state index contributed by atoms with van der Waals surface area (Å²) >= 11 is 0. The molecule has 0 saturated heterocycles. The topological polar surface area (TPSA) is 25.5 Å². The Hall–Kier alpha value is 0.240. The predicted molar refractivity (Wildman–Crippen MR) is 175 cm³/mol. The third-order valence-corrected chi connectivity index (χ3v) is 19.9. The molecule has 38 heavy (non-hydrogen) atoms. The molecule has 0 bridgehead atoms. The van der Waals surface area contributed by atoms with E-state index in [2.05, 4.69) is 12.1 Å². The fraction of sp³-hybridized carbons (Fsp3) is 0.848. The third-order valence-electron chi connectivity index (χ3n) is 10.1. The number of hydrogen-bond acceptors (Lipinski definition) is 2. The van der Waals surface area contributed by atoms with Gasteiger partial charge in [0.15, 0.2) is 0 Å². The van der Waals surface area contributed by atoms with Crippen LogP contribution in [-0.2, 0) is 6.42 Å². The van der Waals surface area contributed by atoms with E-state index in [9.17, 15) is 0 Å². The van der Waals surface area contributed by atoms with Crippen LogP contribution >= 0.6 is 23.8 Å². The van der Waals surface area contributed by atoms with Gasteiger partial charge in [-0.25, -0.2) is 0 Å². The molecule has 0 N–H and O–H groups in total. The van der Waals surface area contributed by atoms with Gasteiger partial charge in [-0.05, 0) is 111 Å². The highest BCUT2D eigenvalue weighted by Gasteiger charge is 2.28. The molecule has 0 aromatic carbocycles. The van der Waals surface area contributed by atoms with E-state index >= 15 is 0 Å². The van der Waals surface area contributed by atoms with Crippen molar-refractivity contribution in [2.45, 2.75) is 133 Å². The van der Waals surface area contributed by atoms with Gasteiger partial charge in [0.1, 0.15) is 5.76 Å². The van der Waals surface area contributed by atoms with E-state index in [4.69, 9.17) is 9.41 Å². The number of aliphatic imine (C=N–C) groups is 1. The first kappa shape index (κ1) is 29.7. The van der Waals surface area contributed by atoms with Crippen LogP contribution in [-0.4, -0.2) is 66.2 Å². The van der Waals surface area contributed by atoms with Crippen molar-refractivity contribution >= 4 is 29.5 Å². The summed E-state index contributed by atoms with van der Waals surface area (Å²) in [6.45, 7) is 1.10. The summed E-state index contributed by atoms with van der Waals surface area (Å²) in [4.78, 5) is 5.46. The lowest BCUT2D eigenvalue weighted by Crippen LogP contribution is -2.21. The summed E-state index contributed by atoms with van der Waals surface area (Å²) in [6.07, 6.45) is 37.6. The first-order valence-electron chi connectivity index (χ1n) is 16.6. The molecule has 5 rings (SSSR count). The zero-order valence-corrected chi connectivity index (χ0v) is 27.0. The van der Waals surface area contributed by atoms with E-state index in [1.807, 2.05) is 6.26 Å². The van der Waals surface area contributed by atoms with E-state index in [1.165, 1.54) is 114 Å². The smallest absolute Gasteiger partial charge is 0.109 e. The second-order valence-corrected chi connectivity index (χ2v) is 21.1. The van der Waals surface area contributed by atoms with Crippen molar-refractivity contribution in [1.82, 2.24) is 0 Å². The van der Waals surface area contributed by atoms with Gasteiger partial charge in [-0.1, -0.05) is 65.7 Å². The molecule has 2 nitrogen and oxygen atoms in total. The van der Waals surface area contributed by atoms with Crippen molar-refractivity contribution in [2.24, 2.45) is 4.99 Å². The maximum absolute atomic E-state index is 5.86. The molecule has 5 heteroatoms. The van der Waals surface area contributed by atoms with Crippen molar-refractivity contribution in [3.05, 3.63) is 24.2 Å². The highest BCUT2D eigenvalue weighted by atomic mass is 31.1. The highest BCUT2D eigenvalue weighted by Crippen LogP contribution is 2.54. The lowest BCUT2D eigenvalue weighted by atomic mass is 10.0. The third kappa shape index (κ3) is 9.39. The van der Waals surface area contributed by atoms with Crippen LogP contribution in [0.25, 0.3) is 0 Å². The van der Waals surface area contributed by atoms with Crippen LogP contribution in [0.1, 0.15) is 115 Å². The van der Waals surface area contributed by atoms with Crippen molar-refractivity contribution in [3.63, 3.8) is 0 Å². The summed E-state index contributed by atoms with van der Waals surface area (Å²) < 4.78 is 5.86. The van der Waals surface area contributed by atoms with Crippen LogP contribution < -0.4 is 0 Å². The lowest BCUT2D eigenvalue weighted by molar-refractivity contribution is 0.508. The zero-order valence-electron chi connectivity index (χ0n) is 24.3. The fourth-order valence-electron chi connectivity index (χ4n) is 7.98. The Kier molecular flexibility index (Phi) is 13.0. The molecule has 3 unspecified atom stereocenters. The van der Waals surface area contributed by atoms with Crippen LogP contribution in [0.5, 0.6) is 0 Å². The van der Waals surface area contributed by atoms with Gasteiger partial charge in [-0.2, -0.15) is 0 Å². The molecular weight excluding hydrogens is 519 g/mol. The van der Waals surface area contributed by atoms with Gasteiger partial charge < -0.3 is 4.42 Å². The number of rotatable bonds is 5. The normalized spacial score (nSPS) is 30.9. The number of hydrogen-bond donors (Lipinski definition) is 0. The average molecular weight is 576 g/mol. The monoisotopic (exact) mass is 575 g/mol. The molecule has 3 aliphatic carbocycles. The molecule has 3 saturated carbocycles. The molecule has 0 amide bonds. The zero-order chi connectivity index (χ0) is 25.8. The molecular formula is C33H56NOP3. The Labute approximate surface area is 238 Å². The van der Waals surface area contributed by atoms with Gasteiger partial charge in [0.25, 0.3) is 0 Å². The fourth-order valence-corrected chi connectivity index (χ4v) is 17.8. The largest absolute Gasteiger partial charge is 0.469 e. The second-order valence-electron chi connectivity index (χ2n) is 12.8. The van der Waals surface area contributed by atoms with E-state index in [0.29, 0.717) is 0 Å². The maximum atomic E-state index is 5.86. The van der Waals surface area contributed by atoms with E-state index in [-0.39, 0.29) is 23.8 Å². The van der Waals surface area contributed by atoms with Crippen molar-refractivity contribution in [3.8, 4) is 0 Å². The minimum absolute atomic E-state index is 0.0642. The first-order chi connectivity index (χ1) is 18.8. The van der Waals surface area contributed by atoms with Crippen molar-refractivity contribution in [1.29, 1.82) is 0 Å². The van der Waals surface area contributed by atoms with E-state index < -0.39 is 0 Å². The van der Waals surface area contributed by atoms with Crippen molar-refractivity contribution < 1.29 is 4.42 Å². The molecule has 1 aromatic heterocycles. The van der Waals surface area contributed by atoms with Crippen LogP contribution in [0.3, 0.4) is 0 Å². The summed E-state index contributed by atoms with van der Waals surface area (Å²) in [7, 11) is 0.482. The minimum Gasteiger partial charge on any atom is -0.469 e. The summed E-state index contributed by atoms with van der Waals surface area (Å²) in [5, 5.41) is 0. The Morgan fingerprint density at radius 2 is 1.11 bits per heavy atom. The summed E-state index contributed by atoms with van der Waals surface area (Å²) in [6, 6.07) is 4.25. The molecule has 2 heterocycles. The van der Waals surface area contributed by atoms with Crippen LogP contribution in [0, 0.1) is 0 Å². The molecule has 3 fully saturated rings. The van der Waals surface area contributed by atoms with Crippen LogP contribution in [0.2, 0.25) is 0 Å². The molecule has 0 radical (unpaired) electrons. The van der Waals surface area contributed by atoms with Gasteiger partial charge >= 0.3 is 0 Å². The van der Waals surface area contributed by atoms with Crippen LogP contribution in [0.4, 0.5) is 0 Å². The SMILES string of the molecule is c1coc(CC2=NCCP(C3CCCCC3)CCCP(C3CCCCC3)CCCP(C3CCCCC3)C2)c1. The standard InChI is InChI=1S/C33H56NOP3/c1-4-14-31(15-5-1)36-22-11-24-37(32-16-6-2-7-17-32)26-20-34-29(27-30-13-10-21-35-30)28-38(25-12-23-36)33-18-8-3-9-19-33/h10,13,21,31-33H,1-9,11-12,14-20,22-28H2. The summed E-state index contributed by atoms with van der Waals surface area (Å²) in [5.74, 6) is 1.14. The Morgan fingerprint density at radius 1 is 0.605 bits per heavy atom. The van der Waals surface area contributed by atoms with Gasteiger partial charge in [0, 0.05) is 24.8 Å². The van der Waals surface area contributed by atoms with Crippen LogP contribution in [0.15, 0.2) is 27.8 Å².